The minimum absolute atomic E-state index is 0.0120. The molecule has 3 aromatic rings. The third-order valence-corrected chi connectivity index (χ3v) is 14.8. The van der Waals surface area contributed by atoms with E-state index in [-0.39, 0.29) is 49.6 Å². The largest absolute Gasteiger partial charge is 0.497 e. The number of sulfonamides is 1. The van der Waals surface area contributed by atoms with Crippen molar-refractivity contribution in [3.8, 4) is 22.8 Å². The molecule has 4 heterocycles. The first kappa shape index (κ1) is 41.4. The van der Waals surface area contributed by atoms with Gasteiger partial charge in [-0.25, -0.2) is 13.4 Å². The molecule has 5 aliphatic rings. The lowest BCUT2D eigenvalue weighted by Gasteiger charge is -2.38. The van der Waals surface area contributed by atoms with E-state index in [0.29, 0.717) is 53.8 Å². The van der Waals surface area contributed by atoms with E-state index in [4.69, 9.17) is 14.5 Å². The number of rotatable bonds is 13. The number of amides is 4. The van der Waals surface area contributed by atoms with E-state index in [1.165, 1.54) is 11.0 Å². The van der Waals surface area contributed by atoms with Crippen molar-refractivity contribution in [3.63, 3.8) is 0 Å². The maximum Gasteiger partial charge on any atom is 0.259 e. The molecule has 15 heteroatoms. The molecule has 0 radical (unpaired) electrons. The molecule has 2 N–H and O–H groups in total. The monoisotopic (exact) mass is 839 g/mol. The van der Waals surface area contributed by atoms with E-state index >= 15 is 4.79 Å². The highest BCUT2D eigenvalue weighted by atomic mass is 32.2. The number of pyridine rings is 1. The van der Waals surface area contributed by atoms with Crippen LogP contribution < -0.4 is 19.5 Å². The van der Waals surface area contributed by atoms with E-state index < -0.39 is 67.9 Å². The maximum atomic E-state index is 15.0. The van der Waals surface area contributed by atoms with Crippen LogP contribution in [0.2, 0.25) is 0 Å². The quantitative estimate of drug-likeness (QED) is 0.229. The molecular formula is C45H53N5O9S. The number of ether oxygens (including phenoxy) is 2. The molecule has 2 aromatic carbocycles. The third kappa shape index (κ3) is 8.00. The van der Waals surface area contributed by atoms with E-state index in [9.17, 15) is 27.6 Å². The standard InChI is InChI=1S/C45H53N5O9S/c1-6-27-24-45(27,43(55)48-60(56,57)33-15-16-33)47-41(53)38-21-32(59-39-23-36(26-10-8-7-9-11-26)46-37-20-31(58-5)14-17-34(37)39)25-49(38)42(54)35(44(2,3)4)22-40(52)50-28-12-13-29(50)19-30(51)18-28/h6-11,14,17,20,23,27-29,32-33,35,38H,1,12-13,15-16,18-19,21-22,24-25H2,2-5H3,(H,47,53)(H,48,55)/t27-,28?,29?,32-,35-,38+,45-/m1/s1. The van der Waals surface area contributed by atoms with Crippen molar-refractivity contribution in [1.29, 1.82) is 0 Å². The Morgan fingerprint density at radius 1 is 1.02 bits per heavy atom. The van der Waals surface area contributed by atoms with Crippen molar-refractivity contribution >= 4 is 50.3 Å². The summed E-state index contributed by atoms with van der Waals surface area (Å²) in [6.45, 7) is 9.47. The zero-order valence-corrected chi connectivity index (χ0v) is 35.3. The van der Waals surface area contributed by atoms with Gasteiger partial charge in [-0.1, -0.05) is 57.2 Å². The van der Waals surface area contributed by atoms with E-state index in [0.717, 1.165) is 18.4 Å². The molecule has 0 spiro atoms. The predicted molar refractivity (Wildman–Crippen MR) is 223 cm³/mol. The fraction of sp³-hybridized carbons (Fsp3) is 0.511. The number of Topliss-reactive ketones (excluding diaryl/α,β-unsaturated/α-hetero) is 1. The SMILES string of the molecule is C=C[C@@H]1C[C@]1(NC(=O)[C@@H]1C[C@@H](Oc2cc(-c3ccccc3)nc3cc(OC)ccc23)CN1C(=O)[C@@H](CC(=O)N1C2CCC1CC(=O)C2)C(C)(C)C)C(=O)NS(=O)(=O)C1CC1. The number of ketones is 1. The molecule has 2 unspecified atom stereocenters. The lowest BCUT2D eigenvalue weighted by Crippen LogP contribution is -2.57. The summed E-state index contributed by atoms with van der Waals surface area (Å²) in [5.74, 6) is -2.23. The zero-order chi connectivity index (χ0) is 42.7. The Hall–Kier alpha value is -5.31. The first-order valence-electron chi connectivity index (χ1n) is 20.9. The Bertz CT molecular complexity index is 2340. The van der Waals surface area contributed by atoms with Crippen molar-refractivity contribution in [2.24, 2.45) is 17.3 Å². The molecule has 14 nitrogen and oxygen atoms in total. The Morgan fingerprint density at radius 3 is 2.33 bits per heavy atom. The number of likely N-dealkylation sites (tertiary alicyclic amines) is 1. The minimum atomic E-state index is -3.92. The number of aromatic nitrogens is 1. The van der Waals surface area contributed by atoms with Crippen molar-refractivity contribution < 1.29 is 41.9 Å². The van der Waals surface area contributed by atoms with Crippen molar-refractivity contribution in [2.75, 3.05) is 13.7 Å². The Labute approximate surface area is 350 Å². The minimum Gasteiger partial charge on any atom is -0.497 e. The molecular weight excluding hydrogens is 787 g/mol. The summed E-state index contributed by atoms with van der Waals surface area (Å²) < 4.78 is 40.2. The number of piperidine rings is 1. The molecule has 2 aliphatic carbocycles. The lowest BCUT2D eigenvalue weighted by atomic mass is 9.77. The van der Waals surface area contributed by atoms with Crippen LogP contribution in [0.3, 0.4) is 0 Å². The first-order chi connectivity index (χ1) is 28.5. The summed E-state index contributed by atoms with van der Waals surface area (Å²) in [7, 11) is -2.35. The second-order valence-corrected chi connectivity index (χ2v) is 20.1. The highest BCUT2D eigenvalue weighted by Crippen LogP contribution is 2.46. The van der Waals surface area contributed by atoms with Gasteiger partial charge in [0.1, 0.15) is 35.0 Å². The molecule has 2 saturated carbocycles. The van der Waals surface area contributed by atoms with Gasteiger partial charge < -0.3 is 24.6 Å². The van der Waals surface area contributed by atoms with E-state index in [2.05, 4.69) is 16.6 Å². The smallest absolute Gasteiger partial charge is 0.259 e. The average Bonchev–Trinajstić information content (AvgIpc) is 4.13. The van der Waals surface area contributed by atoms with Gasteiger partial charge in [0.2, 0.25) is 27.7 Å². The second kappa shape index (κ2) is 15.6. The summed E-state index contributed by atoms with van der Waals surface area (Å²) in [4.78, 5) is 78.0. The maximum absolute atomic E-state index is 15.0. The van der Waals surface area contributed by atoms with Gasteiger partial charge in [-0.05, 0) is 49.7 Å². The molecule has 318 valence electrons. The van der Waals surface area contributed by atoms with Crippen LogP contribution in [-0.2, 0) is 34.0 Å². The Balaban J connectivity index is 1.12. The summed E-state index contributed by atoms with van der Waals surface area (Å²) >= 11 is 0. The van der Waals surface area contributed by atoms with Crippen LogP contribution in [0, 0.1) is 17.3 Å². The topological polar surface area (TPSA) is 181 Å². The number of carbonyl (C=O) groups excluding carboxylic acids is 5. The van der Waals surface area contributed by atoms with Crippen LogP contribution in [0.25, 0.3) is 22.2 Å². The Kier molecular flexibility index (Phi) is 10.8. The highest BCUT2D eigenvalue weighted by molar-refractivity contribution is 7.91. The summed E-state index contributed by atoms with van der Waals surface area (Å²) in [6.07, 6.45) is 3.90. The summed E-state index contributed by atoms with van der Waals surface area (Å²) in [6, 6.07) is 15.4. The van der Waals surface area contributed by atoms with Crippen LogP contribution in [0.15, 0.2) is 67.3 Å². The van der Waals surface area contributed by atoms with Crippen LogP contribution >= 0.6 is 0 Å². The normalized spacial score (nSPS) is 26.7. The van der Waals surface area contributed by atoms with Crippen LogP contribution in [0.1, 0.15) is 78.6 Å². The summed E-state index contributed by atoms with van der Waals surface area (Å²) in [5, 5.41) is 2.90. The number of carbonyl (C=O) groups is 5. The highest BCUT2D eigenvalue weighted by Gasteiger charge is 2.62. The summed E-state index contributed by atoms with van der Waals surface area (Å²) in [5.41, 5.74) is -0.173. The molecule has 3 saturated heterocycles. The molecule has 60 heavy (non-hydrogen) atoms. The average molecular weight is 840 g/mol. The van der Waals surface area contributed by atoms with Gasteiger partial charge in [0.25, 0.3) is 5.91 Å². The molecule has 2 bridgehead atoms. The molecule has 3 aliphatic heterocycles. The van der Waals surface area contributed by atoms with Gasteiger partial charge in [-0.15, -0.1) is 6.58 Å². The number of benzene rings is 2. The van der Waals surface area contributed by atoms with Crippen LogP contribution in [0.4, 0.5) is 0 Å². The van der Waals surface area contributed by atoms with Crippen molar-refractivity contribution in [3.05, 3.63) is 67.3 Å². The molecule has 7 atom stereocenters. The number of fused-ring (bicyclic) bond motifs is 3. The fourth-order valence-electron chi connectivity index (χ4n) is 9.35. The van der Waals surface area contributed by atoms with Gasteiger partial charge >= 0.3 is 0 Å². The fourth-order valence-corrected chi connectivity index (χ4v) is 10.7. The number of nitrogens with one attached hydrogen (secondary N) is 2. The third-order valence-electron chi connectivity index (χ3n) is 13.0. The zero-order valence-electron chi connectivity index (χ0n) is 34.5. The van der Waals surface area contributed by atoms with Gasteiger partial charge in [0, 0.05) is 66.8 Å². The van der Waals surface area contributed by atoms with Gasteiger partial charge in [-0.2, -0.15) is 0 Å². The van der Waals surface area contributed by atoms with E-state index in [1.807, 2.05) is 74.2 Å². The first-order valence-corrected chi connectivity index (χ1v) is 22.4. The van der Waals surface area contributed by atoms with Gasteiger partial charge in [0.05, 0.1) is 36.0 Å². The molecule has 1 aromatic heterocycles. The number of hydrogen-bond donors (Lipinski definition) is 2. The van der Waals surface area contributed by atoms with Crippen LogP contribution in [0.5, 0.6) is 11.5 Å². The molecule has 8 rings (SSSR count). The van der Waals surface area contributed by atoms with Crippen molar-refractivity contribution in [2.45, 2.75) is 114 Å². The van der Waals surface area contributed by atoms with Crippen molar-refractivity contribution in [1.82, 2.24) is 24.8 Å². The number of hydrogen-bond acceptors (Lipinski definition) is 10. The molecule has 5 fully saturated rings. The van der Waals surface area contributed by atoms with Crippen LogP contribution in [-0.4, -0.2) is 101 Å². The van der Waals surface area contributed by atoms with Gasteiger partial charge in [0.15, 0.2) is 0 Å². The predicted octanol–water partition coefficient (Wildman–Crippen LogP) is 4.70. The lowest BCUT2D eigenvalue weighted by molar-refractivity contribution is -0.150. The Morgan fingerprint density at radius 2 is 1.72 bits per heavy atom. The van der Waals surface area contributed by atoms with E-state index in [1.54, 1.807) is 13.2 Å². The second-order valence-electron chi connectivity index (χ2n) is 18.2. The number of nitrogens with zero attached hydrogens (tertiary/aromatic N) is 3. The number of methoxy groups -OCH3 is 1. The van der Waals surface area contributed by atoms with Gasteiger partial charge in [-0.3, -0.25) is 28.7 Å². The molecule has 4 amide bonds.